The summed E-state index contributed by atoms with van der Waals surface area (Å²) in [7, 11) is -1.44. The highest BCUT2D eigenvalue weighted by atomic mass is 16.4. The van der Waals surface area contributed by atoms with E-state index in [2.05, 4.69) is 4.98 Å². The van der Waals surface area contributed by atoms with Crippen molar-refractivity contribution in [3.63, 3.8) is 0 Å². The Kier molecular flexibility index (Phi) is 3.86. The van der Waals surface area contributed by atoms with Crippen LogP contribution in [0, 0.1) is 0 Å². The fourth-order valence-corrected chi connectivity index (χ4v) is 2.33. The summed E-state index contributed by atoms with van der Waals surface area (Å²) in [5, 5.41) is 18.5. The molecule has 0 saturated carbocycles. The van der Waals surface area contributed by atoms with E-state index in [1.165, 1.54) is 0 Å². The lowest BCUT2D eigenvalue weighted by atomic mass is 9.79. The van der Waals surface area contributed by atoms with Gasteiger partial charge in [0.1, 0.15) is 5.82 Å². The van der Waals surface area contributed by atoms with Crippen molar-refractivity contribution < 1.29 is 10.0 Å². The molecular weight excluding hydrogens is 263 g/mol. The Morgan fingerprint density at radius 2 is 1.81 bits per heavy atom. The van der Waals surface area contributed by atoms with E-state index in [1.807, 2.05) is 53.2 Å². The predicted octanol–water partition coefficient (Wildman–Crippen LogP) is 1.28. The molecule has 104 valence electrons. The van der Waals surface area contributed by atoms with Crippen molar-refractivity contribution in [3.8, 4) is 11.4 Å². The fraction of sp³-hybridized carbons (Fsp3) is 0.0625. The molecule has 3 aromatic rings. The Labute approximate surface area is 123 Å². The van der Waals surface area contributed by atoms with Gasteiger partial charge in [-0.05, 0) is 11.0 Å². The van der Waals surface area contributed by atoms with Crippen molar-refractivity contribution in [2.75, 3.05) is 0 Å². The second kappa shape index (κ2) is 5.95. The minimum Gasteiger partial charge on any atom is -0.423 e. The van der Waals surface area contributed by atoms with E-state index in [0.717, 1.165) is 17.0 Å². The van der Waals surface area contributed by atoms with Gasteiger partial charge >= 0.3 is 7.12 Å². The Bertz CT molecular complexity index is 726. The molecule has 0 spiro atoms. The van der Waals surface area contributed by atoms with Gasteiger partial charge in [-0.25, -0.2) is 4.98 Å². The van der Waals surface area contributed by atoms with Gasteiger partial charge in [-0.3, -0.25) is 0 Å². The SMILES string of the molecule is OB(O)c1cccc(Cn2ccnc2-c2ccccc2)c1. The molecule has 3 rings (SSSR count). The summed E-state index contributed by atoms with van der Waals surface area (Å²) in [5.41, 5.74) is 2.55. The van der Waals surface area contributed by atoms with Crippen LogP contribution in [0.25, 0.3) is 11.4 Å². The van der Waals surface area contributed by atoms with Crippen molar-refractivity contribution in [1.29, 1.82) is 0 Å². The van der Waals surface area contributed by atoms with E-state index in [0.29, 0.717) is 12.0 Å². The van der Waals surface area contributed by atoms with Crippen LogP contribution in [0.4, 0.5) is 0 Å². The molecule has 0 fully saturated rings. The monoisotopic (exact) mass is 278 g/mol. The van der Waals surface area contributed by atoms with E-state index in [9.17, 15) is 10.0 Å². The third-order valence-electron chi connectivity index (χ3n) is 3.35. The Hall–Kier alpha value is -2.37. The smallest absolute Gasteiger partial charge is 0.423 e. The minimum absolute atomic E-state index is 0.494. The maximum absolute atomic E-state index is 9.24. The molecule has 0 radical (unpaired) electrons. The molecule has 4 nitrogen and oxygen atoms in total. The normalized spacial score (nSPS) is 10.6. The van der Waals surface area contributed by atoms with Gasteiger partial charge in [0.25, 0.3) is 0 Å². The first-order chi connectivity index (χ1) is 10.2. The van der Waals surface area contributed by atoms with Gasteiger partial charge in [0.15, 0.2) is 0 Å². The second-order valence-corrected chi connectivity index (χ2v) is 4.86. The van der Waals surface area contributed by atoms with Crippen molar-refractivity contribution in [3.05, 3.63) is 72.6 Å². The van der Waals surface area contributed by atoms with Crippen LogP contribution in [0.15, 0.2) is 67.0 Å². The zero-order valence-corrected chi connectivity index (χ0v) is 11.4. The number of imidazole rings is 1. The van der Waals surface area contributed by atoms with Crippen LogP contribution >= 0.6 is 0 Å². The lowest BCUT2D eigenvalue weighted by Crippen LogP contribution is -2.30. The van der Waals surface area contributed by atoms with Gasteiger partial charge < -0.3 is 14.6 Å². The molecule has 0 atom stereocenters. The highest BCUT2D eigenvalue weighted by Crippen LogP contribution is 2.17. The highest BCUT2D eigenvalue weighted by Gasteiger charge is 2.11. The maximum Gasteiger partial charge on any atom is 0.488 e. The second-order valence-electron chi connectivity index (χ2n) is 4.86. The fourth-order valence-electron chi connectivity index (χ4n) is 2.33. The largest absolute Gasteiger partial charge is 0.488 e. The third kappa shape index (κ3) is 3.04. The molecular formula is C16H15BN2O2. The van der Waals surface area contributed by atoms with Crippen LogP contribution < -0.4 is 5.46 Å². The van der Waals surface area contributed by atoms with E-state index in [1.54, 1.807) is 18.3 Å². The van der Waals surface area contributed by atoms with Gasteiger partial charge in [-0.2, -0.15) is 0 Å². The Balaban J connectivity index is 1.90. The lowest BCUT2D eigenvalue weighted by molar-refractivity contribution is 0.425. The minimum atomic E-state index is -1.44. The molecule has 0 saturated heterocycles. The Morgan fingerprint density at radius 3 is 2.57 bits per heavy atom. The summed E-state index contributed by atoms with van der Waals surface area (Å²) < 4.78 is 2.04. The third-order valence-corrected chi connectivity index (χ3v) is 3.35. The first-order valence-corrected chi connectivity index (χ1v) is 6.75. The predicted molar refractivity (Wildman–Crippen MR) is 83.0 cm³/mol. The van der Waals surface area contributed by atoms with Gasteiger partial charge in [0.2, 0.25) is 0 Å². The zero-order valence-electron chi connectivity index (χ0n) is 11.4. The lowest BCUT2D eigenvalue weighted by Gasteiger charge is -2.09. The molecule has 0 aliphatic carbocycles. The number of hydrogen-bond acceptors (Lipinski definition) is 3. The topological polar surface area (TPSA) is 58.3 Å². The number of benzene rings is 2. The summed E-state index contributed by atoms with van der Waals surface area (Å²) in [4.78, 5) is 4.40. The van der Waals surface area contributed by atoms with E-state index in [-0.39, 0.29) is 0 Å². The van der Waals surface area contributed by atoms with Crippen molar-refractivity contribution in [2.24, 2.45) is 0 Å². The van der Waals surface area contributed by atoms with Gasteiger partial charge in [0, 0.05) is 24.5 Å². The average Bonchev–Trinajstić information content (AvgIpc) is 2.96. The molecule has 0 aliphatic heterocycles. The van der Waals surface area contributed by atoms with Crippen molar-refractivity contribution in [2.45, 2.75) is 6.54 Å². The van der Waals surface area contributed by atoms with E-state index < -0.39 is 7.12 Å². The number of nitrogens with zero attached hydrogens (tertiary/aromatic N) is 2. The summed E-state index contributed by atoms with van der Waals surface area (Å²) in [5.74, 6) is 0.894. The summed E-state index contributed by atoms with van der Waals surface area (Å²) in [6.45, 7) is 0.630. The number of hydrogen-bond donors (Lipinski definition) is 2. The Morgan fingerprint density at radius 1 is 1.00 bits per heavy atom. The van der Waals surface area contributed by atoms with Gasteiger partial charge in [0.05, 0.1) is 0 Å². The molecule has 5 heteroatoms. The van der Waals surface area contributed by atoms with Crippen LogP contribution in [0.3, 0.4) is 0 Å². The van der Waals surface area contributed by atoms with Crippen LogP contribution in [-0.2, 0) is 6.54 Å². The van der Waals surface area contributed by atoms with Crippen LogP contribution in [0.5, 0.6) is 0 Å². The van der Waals surface area contributed by atoms with Crippen LogP contribution in [0.1, 0.15) is 5.56 Å². The number of aromatic nitrogens is 2. The van der Waals surface area contributed by atoms with E-state index >= 15 is 0 Å². The molecule has 0 amide bonds. The summed E-state index contributed by atoms with van der Waals surface area (Å²) in [6.07, 6.45) is 3.69. The number of rotatable bonds is 4. The highest BCUT2D eigenvalue weighted by molar-refractivity contribution is 6.58. The molecule has 0 unspecified atom stereocenters. The molecule has 2 N–H and O–H groups in total. The molecule has 1 heterocycles. The van der Waals surface area contributed by atoms with Gasteiger partial charge in [-0.1, -0.05) is 54.6 Å². The van der Waals surface area contributed by atoms with E-state index in [4.69, 9.17) is 0 Å². The molecule has 1 aromatic heterocycles. The first kappa shape index (κ1) is 13.6. The summed E-state index contributed by atoms with van der Waals surface area (Å²) in [6, 6.07) is 17.3. The summed E-state index contributed by atoms with van der Waals surface area (Å²) >= 11 is 0. The van der Waals surface area contributed by atoms with Crippen molar-refractivity contribution in [1.82, 2.24) is 9.55 Å². The molecule has 0 aliphatic rings. The van der Waals surface area contributed by atoms with Crippen molar-refractivity contribution >= 4 is 12.6 Å². The van der Waals surface area contributed by atoms with Crippen LogP contribution in [-0.4, -0.2) is 26.7 Å². The first-order valence-electron chi connectivity index (χ1n) is 6.75. The average molecular weight is 278 g/mol. The maximum atomic E-state index is 9.24. The quantitative estimate of drug-likeness (QED) is 0.707. The van der Waals surface area contributed by atoms with Crippen LogP contribution in [0.2, 0.25) is 0 Å². The molecule has 21 heavy (non-hydrogen) atoms. The standard InChI is InChI=1S/C16H15BN2O2/c20-17(21)15-8-4-5-13(11-15)12-19-10-9-18-16(19)14-6-2-1-3-7-14/h1-11,20-21H,12H2. The zero-order chi connectivity index (χ0) is 14.7. The molecule has 0 bridgehead atoms. The van der Waals surface area contributed by atoms with Gasteiger partial charge in [-0.15, -0.1) is 0 Å². The molecule has 2 aromatic carbocycles.